The Morgan fingerprint density at radius 3 is 2.89 bits per heavy atom. The van der Waals surface area contributed by atoms with E-state index in [4.69, 9.17) is 21.1 Å². The fourth-order valence-corrected chi connectivity index (χ4v) is 3.36. The summed E-state index contributed by atoms with van der Waals surface area (Å²) in [6.07, 6.45) is -0.358. The van der Waals surface area contributed by atoms with E-state index in [-0.39, 0.29) is 6.04 Å². The molecule has 1 aliphatic heterocycles. The summed E-state index contributed by atoms with van der Waals surface area (Å²) in [5.74, 6) is 1.57. The summed E-state index contributed by atoms with van der Waals surface area (Å²) in [6, 6.07) is 7.09. The molecule has 8 heteroatoms. The lowest BCUT2D eigenvalue weighted by Crippen LogP contribution is -2.40. The number of anilines is 1. The average Bonchev–Trinajstić information content (AvgIpc) is 3.25. The second kappa shape index (κ2) is 8.84. The van der Waals surface area contributed by atoms with Crippen LogP contribution in [0.25, 0.3) is 0 Å². The van der Waals surface area contributed by atoms with Crippen LogP contribution in [0.1, 0.15) is 31.5 Å². The first kappa shape index (κ1) is 20.5. The zero-order valence-corrected chi connectivity index (χ0v) is 17.1. The van der Waals surface area contributed by atoms with Crippen molar-refractivity contribution >= 4 is 23.5 Å². The second-order valence-corrected chi connectivity index (χ2v) is 7.86. The lowest BCUT2D eigenvalue weighted by Gasteiger charge is -2.22. The zero-order chi connectivity index (χ0) is 20.3. The van der Waals surface area contributed by atoms with Gasteiger partial charge in [0.15, 0.2) is 5.82 Å². The smallest absolute Gasteiger partial charge is 0.413 e. The van der Waals surface area contributed by atoms with Crippen LogP contribution in [0.5, 0.6) is 5.75 Å². The number of amides is 1. The van der Waals surface area contributed by atoms with Crippen molar-refractivity contribution in [3.63, 3.8) is 0 Å². The van der Waals surface area contributed by atoms with Crippen molar-refractivity contribution in [3.05, 3.63) is 40.5 Å². The van der Waals surface area contributed by atoms with E-state index in [1.807, 2.05) is 19.1 Å². The Morgan fingerprint density at radius 2 is 2.25 bits per heavy atom. The molecule has 28 heavy (non-hydrogen) atoms. The first-order chi connectivity index (χ1) is 13.3. The number of hydrogen-bond donors (Lipinski definition) is 1. The van der Waals surface area contributed by atoms with Crippen LogP contribution in [-0.2, 0) is 11.3 Å². The topological polar surface area (TPSA) is 76.8 Å². The summed E-state index contributed by atoms with van der Waals surface area (Å²) in [5, 5.41) is 14.8. The standard InChI is InChI=1S/C20H26ClN3O4/c1-13(2)11-28-18-5-4-16(21)9-15(18)10-23-14(3)8-19(22-23)24(20(25)26)17-6-7-27-12-17/h4-5,8-9,13,17H,6-7,10-12H2,1-3H3,(H,25,26). The van der Waals surface area contributed by atoms with Gasteiger partial charge in [-0.1, -0.05) is 25.4 Å². The molecule has 0 saturated carbocycles. The molecule has 1 unspecified atom stereocenters. The van der Waals surface area contributed by atoms with Gasteiger partial charge in [0.05, 0.1) is 25.8 Å². The molecular weight excluding hydrogens is 382 g/mol. The number of rotatable bonds is 7. The molecule has 152 valence electrons. The quantitative estimate of drug-likeness (QED) is 0.744. The Balaban J connectivity index is 1.85. The molecule has 0 radical (unpaired) electrons. The summed E-state index contributed by atoms with van der Waals surface area (Å²) in [7, 11) is 0. The molecule has 3 rings (SSSR count). The molecule has 2 heterocycles. The first-order valence-electron chi connectivity index (χ1n) is 9.40. The van der Waals surface area contributed by atoms with Gasteiger partial charge in [-0.25, -0.2) is 4.79 Å². The van der Waals surface area contributed by atoms with Gasteiger partial charge in [-0.3, -0.25) is 9.58 Å². The van der Waals surface area contributed by atoms with E-state index in [2.05, 4.69) is 18.9 Å². The molecule has 0 bridgehead atoms. The van der Waals surface area contributed by atoms with Crippen LogP contribution in [0.4, 0.5) is 10.6 Å². The van der Waals surface area contributed by atoms with Crippen molar-refractivity contribution in [3.8, 4) is 5.75 Å². The fourth-order valence-electron chi connectivity index (χ4n) is 3.17. The number of halogens is 1. The van der Waals surface area contributed by atoms with Crippen molar-refractivity contribution in [1.82, 2.24) is 9.78 Å². The summed E-state index contributed by atoms with van der Waals surface area (Å²) in [5.41, 5.74) is 1.76. The summed E-state index contributed by atoms with van der Waals surface area (Å²) in [6.45, 7) is 8.08. The van der Waals surface area contributed by atoms with Crippen LogP contribution in [0.2, 0.25) is 5.02 Å². The number of ether oxygens (including phenoxy) is 2. The SMILES string of the molecule is Cc1cc(N(C(=O)O)C2CCOC2)nn1Cc1cc(Cl)ccc1OCC(C)C. The van der Waals surface area contributed by atoms with Crippen LogP contribution in [0.15, 0.2) is 24.3 Å². The number of aryl methyl sites for hydroxylation is 1. The Labute approximate surface area is 169 Å². The number of benzene rings is 1. The third-order valence-corrected chi connectivity index (χ3v) is 4.84. The van der Waals surface area contributed by atoms with Gasteiger partial charge in [0.1, 0.15) is 5.75 Å². The molecule has 1 aromatic heterocycles. The van der Waals surface area contributed by atoms with Crippen LogP contribution < -0.4 is 9.64 Å². The van der Waals surface area contributed by atoms with Crippen LogP contribution in [0, 0.1) is 12.8 Å². The summed E-state index contributed by atoms with van der Waals surface area (Å²) >= 11 is 6.18. The Hall–Kier alpha value is -2.25. The predicted octanol–water partition coefficient (Wildman–Crippen LogP) is 4.20. The normalized spacial score (nSPS) is 16.5. The highest BCUT2D eigenvalue weighted by atomic mass is 35.5. The van der Waals surface area contributed by atoms with Gasteiger partial charge >= 0.3 is 6.09 Å². The van der Waals surface area contributed by atoms with E-state index in [1.54, 1.807) is 16.8 Å². The van der Waals surface area contributed by atoms with Gasteiger partial charge in [-0.15, -0.1) is 0 Å². The van der Waals surface area contributed by atoms with Gasteiger partial charge < -0.3 is 14.6 Å². The fraction of sp³-hybridized carbons (Fsp3) is 0.500. The van der Waals surface area contributed by atoms with Crippen molar-refractivity contribution in [2.24, 2.45) is 5.92 Å². The molecular formula is C20H26ClN3O4. The summed E-state index contributed by atoms with van der Waals surface area (Å²) < 4.78 is 13.0. The minimum atomic E-state index is -1.02. The molecule has 2 aromatic rings. The van der Waals surface area contributed by atoms with Crippen molar-refractivity contribution in [1.29, 1.82) is 0 Å². The molecule has 1 atom stereocenters. The highest BCUT2D eigenvalue weighted by molar-refractivity contribution is 6.30. The third-order valence-electron chi connectivity index (χ3n) is 4.61. The maximum absolute atomic E-state index is 11.8. The Bertz CT molecular complexity index is 831. The van der Waals surface area contributed by atoms with Crippen LogP contribution >= 0.6 is 11.6 Å². The maximum atomic E-state index is 11.8. The first-order valence-corrected chi connectivity index (χ1v) is 9.78. The zero-order valence-electron chi connectivity index (χ0n) is 16.4. The van der Waals surface area contributed by atoms with E-state index in [0.717, 1.165) is 17.0 Å². The highest BCUT2D eigenvalue weighted by Gasteiger charge is 2.30. The van der Waals surface area contributed by atoms with Crippen molar-refractivity contribution < 1.29 is 19.4 Å². The second-order valence-electron chi connectivity index (χ2n) is 7.43. The molecule has 0 spiro atoms. The van der Waals surface area contributed by atoms with Crippen LogP contribution in [0.3, 0.4) is 0 Å². The Kier molecular flexibility index (Phi) is 6.46. The van der Waals surface area contributed by atoms with Gasteiger partial charge in [-0.2, -0.15) is 5.10 Å². The van der Waals surface area contributed by atoms with Gasteiger partial charge in [0, 0.05) is 29.0 Å². The maximum Gasteiger partial charge on any atom is 0.413 e. The van der Waals surface area contributed by atoms with E-state index >= 15 is 0 Å². The van der Waals surface area contributed by atoms with Crippen LogP contribution in [-0.4, -0.2) is 46.8 Å². The minimum Gasteiger partial charge on any atom is -0.493 e. The lowest BCUT2D eigenvalue weighted by molar-refractivity contribution is 0.183. The van der Waals surface area contributed by atoms with E-state index in [9.17, 15) is 9.90 Å². The molecule has 1 N–H and O–H groups in total. The lowest BCUT2D eigenvalue weighted by atomic mass is 10.2. The average molecular weight is 408 g/mol. The van der Waals surface area contributed by atoms with Gasteiger partial charge in [0.2, 0.25) is 0 Å². The number of carboxylic acid groups (broad SMARTS) is 1. The number of aromatic nitrogens is 2. The Morgan fingerprint density at radius 1 is 1.46 bits per heavy atom. The van der Waals surface area contributed by atoms with E-state index in [0.29, 0.717) is 49.5 Å². The third kappa shape index (κ3) is 4.77. The largest absolute Gasteiger partial charge is 0.493 e. The molecule has 1 amide bonds. The van der Waals surface area contributed by atoms with Gasteiger partial charge in [-0.05, 0) is 37.5 Å². The number of carbonyl (C=O) groups is 1. The summed E-state index contributed by atoms with van der Waals surface area (Å²) in [4.78, 5) is 13.1. The van der Waals surface area contributed by atoms with Gasteiger partial charge in [0.25, 0.3) is 0 Å². The number of nitrogens with zero attached hydrogens (tertiary/aromatic N) is 3. The molecule has 1 aliphatic rings. The predicted molar refractivity (Wildman–Crippen MR) is 108 cm³/mol. The molecule has 7 nitrogen and oxygen atoms in total. The molecule has 1 aromatic carbocycles. The minimum absolute atomic E-state index is 0.212. The van der Waals surface area contributed by atoms with Crippen molar-refractivity contribution in [2.45, 2.75) is 39.8 Å². The number of hydrogen-bond acceptors (Lipinski definition) is 4. The van der Waals surface area contributed by atoms with E-state index in [1.165, 1.54) is 4.90 Å². The molecule has 1 fully saturated rings. The monoisotopic (exact) mass is 407 g/mol. The highest BCUT2D eigenvalue weighted by Crippen LogP contribution is 2.27. The van der Waals surface area contributed by atoms with E-state index < -0.39 is 6.09 Å². The molecule has 1 saturated heterocycles. The molecule has 0 aliphatic carbocycles. The van der Waals surface area contributed by atoms with Crippen molar-refractivity contribution in [2.75, 3.05) is 24.7 Å².